The molecule has 1 aliphatic heterocycles. The van der Waals surface area contributed by atoms with Gasteiger partial charge in [0, 0.05) is 36.6 Å². The Hall–Kier alpha value is -0.970. The lowest BCUT2D eigenvalue weighted by Crippen LogP contribution is -2.43. The molecule has 2 heterocycles. The van der Waals surface area contributed by atoms with Gasteiger partial charge in [-0.15, -0.1) is 12.4 Å². The van der Waals surface area contributed by atoms with Gasteiger partial charge >= 0.3 is 0 Å². The quantitative estimate of drug-likeness (QED) is 0.835. The second kappa shape index (κ2) is 5.12. The van der Waals surface area contributed by atoms with E-state index < -0.39 is 0 Å². The number of benzene rings is 1. The average molecular weight is 273 g/mol. The van der Waals surface area contributed by atoms with Crippen molar-refractivity contribution < 1.29 is 0 Å². The standard InChI is InChI=1S/C11H13ClN4.ClH/c12-8-1-2-9-10(7-8)14-15-11(9)16-5-3-13-4-6-16;/h1-2,7,13H,3-6H2,(H,14,15);1H. The van der Waals surface area contributed by atoms with Crippen molar-refractivity contribution in [1.29, 1.82) is 0 Å². The van der Waals surface area contributed by atoms with Gasteiger partial charge in [-0.25, -0.2) is 0 Å². The van der Waals surface area contributed by atoms with E-state index in [9.17, 15) is 0 Å². The number of nitrogens with zero attached hydrogens (tertiary/aromatic N) is 2. The van der Waals surface area contributed by atoms with Crippen LogP contribution in [-0.2, 0) is 0 Å². The van der Waals surface area contributed by atoms with Crippen LogP contribution < -0.4 is 10.2 Å². The molecule has 1 aromatic heterocycles. The Morgan fingerprint density at radius 1 is 1.24 bits per heavy atom. The van der Waals surface area contributed by atoms with Crippen LogP contribution in [0.5, 0.6) is 0 Å². The number of H-pyrrole nitrogens is 1. The minimum absolute atomic E-state index is 0. The van der Waals surface area contributed by atoms with Gasteiger partial charge in [0.1, 0.15) is 0 Å². The zero-order valence-corrected chi connectivity index (χ0v) is 10.8. The van der Waals surface area contributed by atoms with Crippen LogP contribution in [0.15, 0.2) is 18.2 Å². The fraction of sp³-hybridized carbons (Fsp3) is 0.364. The summed E-state index contributed by atoms with van der Waals surface area (Å²) in [5.41, 5.74) is 1.00. The minimum Gasteiger partial charge on any atom is -0.352 e. The molecule has 0 saturated carbocycles. The smallest absolute Gasteiger partial charge is 0.158 e. The van der Waals surface area contributed by atoms with E-state index in [0.29, 0.717) is 0 Å². The molecule has 1 aliphatic rings. The fourth-order valence-electron chi connectivity index (χ4n) is 2.10. The van der Waals surface area contributed by atoms with Crippen LogP contribution in [-0.4, -0.2) is 36.4 Å². The highest BCUT2D eigenvalue weighted by Crippen LogP contribution is 2.26. The summed E-state index contributed by atoms with van der Waals surface area (Å²) in [6.45, 7) is 4.04. The molecule has 92 valence electrons. The molecule has 0 amide bonds. The maximum Gasteiger partial charge on any atom is 0.158 e. The third-order valence-corrected chi connectivity index (χ3v) is 3.16. The molecular formula is C11H14Cl2N4. The first-order valence-electron chi connectivity index (χ1n) is 5.44. The molecule has 2 aromatic rings. The number of aromatic amines is 1. The number of aromatic nitrogens is 2. The fourth-order valence-corrected chi connectivity index (χ4v) is 2.27. The Kier molecular flexibility index (Phi) is 3.76. The van der Waals surface area contributed by atoms with E-state index in [2.05, 4.69) is 20.4 Å². The minimum atomic E-state index is 0. The summed E-state index contributed by atoms with van der Waals surface area (Å²) in [6, 6.07) is 5.85. The zero-order chi connectivity index (χ0) is 11.0. The Morgan fingerprint density at radius 2 is 2.00 bits per heavy atom. The van der Waals surface area contributed by atoms with Crippen LogP contribution >= 0.6 is 24.0 Å². The van der Waals surface area contributed by atoms with Gasteiger partial charge in [0.15, 0.2) is 5.82 Å². The Morgan fingerprint density at radius 3 is 2.76 bits per heavy atom. The van der Waals surface area contributed by atoms with Crippen molar-refractivity contribution in [1.82, 2.24) is 15.5 Å². The molecule has 2 N–H and O–H groups in total. The molecule has 0 atom stereocenters. The molecule has 4 nitrogen and oxygen atoms in total. The van der Waals surface area contributed by atoms with E-state index in [-0.39, 0.29) is 12.4 Å². The first-order valence-corrected chi connectivity index (χ1v) is 5.82. The third kappa shape index (κ3) is 2.34. The number of hydrogen-bond acceptors (Lipinski definition) is 3. The average Bonchev–Trinajstić information content (AvgIpc) is 2.73. The van der Waals surface area contributed by atoms with E-state index in [1.165, 1.54) is 0 Å². The molecule has 3 rings (SSSR count). The van der Waals surface area contributed by atoms with Gasteiger partial charge in [-0.3, -0.25) is 5.10 Å². The van der Waals surface area contributed by atoms with E-state index >= 15 is 0 Å². The molecule has 0 radical (unpaired) electrons. The number of rotatable bonds is 1. The van der Waals surface area contributed by atoms with Gasteiger partial charge in [-0.05, 0) is 18.2 Å². The monoisotopic (exact) mass is 272 g/mol. The second-order valence-electron chi connectivity index (χ2n) is 3.97. The third-order valence-electron chi connectivity index (χ3n) is 2.92. The van der Waals surface area contributed by atoms with Gasteiger partial charge in [0.2, 0.25) is 0 Å². The predicted octanol–water partition coefficient (Wildman–Crippen LogP) is 2.05. The van der Waals surface area contributed by atoms with Gasteiger partial charge in [-0.2, -0.15) is 5.10 Å². The van der Waals surface area contributed by atoms with Crippen molar-refractivity contribution in [2.75, 3.05) is 31.1 Å². The predicted molar refractivity (Wildman–Crippen MR) is 73.4 cm³/mol. The summed E-state index contributed by atoms with van der Waals surface area (Å²) in [6.07, 6.45) is 0. The number of piperazine rings is 1. The molecule has 0 bridgehead atoms. The highest BCUT2D eigenvalue weighted by Gasteiger charge is 2.15. The number of fused-ring (bicyclic) bond motifs is 1. The van der Waals surface area contributed by atoms with Crippen LogP contribution in [0.25, 0.3) is 10.9 Å². The van der Waals surface area contributed by atoms with Crippen molar-refractivity contribution in [3.63, 3.8) is 0 Å². The topological polar surface area (TPSA) is 44.0 Å². The Bertz CT molecular complexity index is 505. The zero-order valence-electron chi connectivity index (χ0n) is 9.24. The van der Waals surface area contributed by atoms with E-state index in [0.717, 1.165) is 47.9 Å². The summed E-state index contributed by atoms with van der Waals surface area (Å²) in [4.78, 5) is 2.29. The van der Waals surface area contributed by atoms with Crippen molar-refractivity contribution in [3.8, 4) is 0 Å². The summed E-state index contributed by atoms with van der Waals surface area (Å²) in [5.74, 6) is 1.04. The van der Waals surface area contributed by atoms with Gasteiger partial charge in [0.05, 0.1) is 5.52 Å². The normalized spacial score (nSPS) is 15.9. The first-order chi connectivity index (χ1) is 7.84. The first kappa shape index (κ1) is 12.5. The largest absolute Gasteiger partial charge is 0.352 e. The van der Waals surface area contributed by atoms with Crippen molar-refractivity contribution in [2.24, 2.45) is 0 Å². The molecule has 0 unspecified atom stereocenters. The molecule has 0 spiro atoms. The van der Waals surface area contributed by atoms with Crippen molar-refractivity contribution in [2.45, 2.75) is 0 Å². The SMILES string of the molecule is Cl.Clc1ccc2c(N3CCNCC3)n[nH]c2c1. The Labute approximate surface area is 111 Å². The molecule has 0 aliphatic carbocycles. The second-order valence-corrected chi connectivity index (χ2v) is 4.41. The summed E-state index contributed by atoms with van der Waals surface area (Å²) in [7, 11) is 0. The maximum absolute atomic E-state index is 5.94. The van der Waals surface area contributed by atoms with Gasteiger partial charge in [-0.1, -0.05) is 11.6 Å². The Balaban J connectivity index is 0.00000108. The van der Waals surface area contributed by atoms with Crippen molar-refractivity contribution >= 4 is 40.7 Å². The van der Waals surface area contributed by atoms with E-state index in [1.807, 2.05) is 18.2 Å². The summed E-state index contributed by atoms with van der Waals surface area (Å²) < 4.78 is 0. The summed E-state index contributed by atoms with van der Waals surface area (Å²) in [5, 5.41) is 12.6. The molecule has 1 saturated heterocycles. The van der Waals surface area contributed by atoms with Gasteiger partial charge in [0.25, 0.3) is 0 Å². The molecule has 17 heavy (non-hydrogen) atoms. The number of nitrogens with one attached hydrogen (secondary N) is 2. The van der Waals surface area contributed by atoms with Gasteiger partial charge < -0.3 is 10.2 Å². The van der Waals surface area contributed by atoms with E-state index in [1.54, 1.807) is 0 Å². The van der Waals surface area contributed by atoms with Crippen molar-refractivity contribution in [3.05, 3.63) is 23.2 Å². The maximum atomic E-state index is 5.94. The van der Waals surface area contributed by atoms with Crippen LogP contribution in [0.2, 0.25) is 5.02 Å². The number of halogens is 2. The van der Waals surface area contributed by atoms with Crippen LogP contribution in [0.3, 0.4) is 0 Å². The number of anilines is 1. The summed E-state index contributed by atoms with van der Waals surface area (Å²) >= 11 is 5.94. The van der Waals surface area contributed by atoms with Crippen LogP contribution in [0.1, 0.15) is 0 Å². The number of hydrogen-bond donors (Lipinski definition) is 2. The van der Waals surface area contributed by atoms with Crippen LogP contribution in [0, 0.1) is 0 Å². The van der Waals surface area contributed by atoms with Crippen LogP contribution in [0.4, 0.5) is 5.82 Å². The highest BCUT2D eigenvalue weighted by atomic mass is 35.5. The van der Waals surface area contributed by atoms with E-state index in [4.69, 9.17) is 11.6 Å². The molecule has 6 heteroatoms. The lowest BCUT2D eigenvalue weighted by molar-refractivity contribution is 0.585. The molecular weight excluding hydrogens is 259 g/mol. The highest BCUT2D eigenvalue weighted by molar-refractivity contribution is 6.31. The lowest BCUT2D eigenvalue weighted by atomic mass is 10.2. The molecule has 1 aromatic carbocycles. The molecule has 1 fully saturated rings. The lowest BCUT2D eigenvalue weighted by Gasteiger charge is -2.27.